The molecule has 2 N–H and O–H groups in total. The van der Waals surface area contributed by atoms with Gasteiger partial charge in [-0.3, -0.25) is 0 Å². The second-order valence-electron chi connectivity index (χ2n) is 6.50. The monoisotopic (exact) mass is 382 g/mol. The highest BCUT2D eigenvalue weighted by Gasteiger charge is 2.30. The molecule has 0 aromatic rings. The normalized spacial score (nSPS) is 40.0. The van der Waals surface area contributed by atoms with Crippen molar-refractivity contribution < 1.29 is 43.8 Å². The molecule has 3 rings (SSSR count). The molecule has 3 aliphatic heterocycles. The van der Waals surface area contributed by atoms with Gasteiger partial charge in [0, 0.05) is 24.7 Å². The van der Waals surface area contributed by atoms with E-state index in [1.54, 1.807) is 0 Å². The highest BCUT2D eigenvalue weighted by Crippen LogP contribution is 2.15. The summed E-state index contributed by atoms with van der Waals surface area (Å²) in [6.07, 6.45) is 9.09. The van der Waals surface area contributed by atoms with Crippen molar-refractivity contribution in [3.8, 4) is 0 Å². The number of quaternary nitrogens is 2. The van der Waals surface area contributed by atoms with Crippen LogP contribution >= 0.6 is 0 Å². The number of rotatable bonds is 0. The summed E-state index contributed by atoms with van der Waals surface area (Å²) in [7, 11) is 0. The van der Waals surface area contributed by atoms with Gasteiger partial charge in [0.05, 0.1) is 39.3 Å². The first-order valence-corrected chi connectivity index (χ1v) is 7.57. The summed E-state index contributed by atoms with van der Waals surface area (Å²) in [5.74, 6) is 2.13. The fourth-order valence-corrected chi connectivity index (χ4v) is 4.27. The minimum absolute atomic E-state index is 0. The molecule has 0 aromatic carbocycles. The van der Waals surface area contributed by atoms with E-state index in [1.165, 1.54) is 77.8 Å². The van der Waals surface area contributed by atoms with Gasteiger partial charge in [-0.1, -0.05) is 0 Å². The van der Waals surface area contributed by atoms with Crippen LogP contribution in [0.5, 0.6) is 0 Å². The summed E-state index contributed by atoms with van der Waals surface area (Å²) in [5.41, 5.74) is 0. The van der Waals surface area contributed by atoms with E-state index in [0.717, 1.165) is 11.8 Å². The van der Waals surface area contributed by atoms with Crippen LogP contribution in [0.1, 0.15) is 38.5 Å². The quantitative estimate of drug-likeness (QED) is 0.411. The smallest absolute Gasteiger partial charge is 0.0801 e. The van der Waals surface area contributed by atoms with Crippen LogP contribution in [-0.4, -0.2) is 39.3 Å². The van der Waals surface area contributed by atoms with Gasteiger partial charge in [0.2, 0.25) is 0 Å². The molecular weight excluding hydrogens is 356 g/mol. The molecule has 18 heavy (non-hydrogen) atoms. The topological polar surface area (TPSA) is 8.88 Å². The molecule has 0 radical (unpaired) electrons. The van der Waals surface area contributed by atoms with E-state index in [4.69, 9.17) is 0 Å². The molecule has 3 heterocycles. The van der Waals surface area contributed by atoms with Crippen molar-refractivity contribution in [3.63, 3.8) is 0 Å². The molecule has 3 aliphatic rings. The maximum Gasteiger partial charge on any atom is 0.0801 e. The number of fused-ring (bicyclic) bond motifs is 4. The third-order valence-corrected chi connectivity index (χ3v) is 5.25. The zero-order chi connectivity index (χ0) is 10.8. The predicted octanol–water partition coefficient (Wildman–Crippen LogP) is -6.62. The molecule has 4 heteroatoms. The Hall–Kier alpha value is 0.880. The minimum atomic E-state index is 0. The Labute approximate surface area is 133 Å². The molecule has 0 saturated carbocycles. The Bertz CT molecular complexity index is 194. The van der Waals surface area contributed by atoms with Crippen molar-refractivity contribution in [2.75, 3.05) is 39.3 Å². The second-order valence-corrected chi connectivity index (χ2v) is 6.50. The van der Waals surface area contributed by atoms with E-state index in [0.29, 0.717) is 0 Å². The Morgan fingerprint density at radius 1 is 0.556 bits per heavy atom. The molecule has 2 nitrogen and oxygen atoms in total. The van der Waals surface area contributed by atoms with Crippen molar-refractivity contribution in [2.24, 2.45) is 11.8 Å². The van der Waals surface area contributed by atoms with Crippen LogP contribution < -0.4 is 43.8 Å². The molecule has 4 atom stereocenters. The lowest BCUT2D eigenvalue weighted by Crippen LogP contribution is -3.16. The van der Waals surface area contributed by atoms with Crippen LogP contribution in [0.15, 0.2) is 0 Å². The van der Waals surface area contributed by atoms with Crippen LogP contribution in [-0.2, 0) is 0 Å². The largest absolute Gasteiger partial charge is 1.00 e. The molecule has 0 amide bonds. The van der Waals surface area contributed by atoms with Gasteiger partial charge in [0.15, 0.2) is 0 Å². The standard InChI is InChI=1S/C14H26N2.2BrH/c1-3-13-5-10-16-8-2-4-14(12-16)6-9-15(7-1)11-13;;/h13-14H,1-12H2;2*1H. The first-order valence-electron chi connectivity index (χ1n) is 7.57. The fourth-order valence-electron chi connectivity index (χ4n) is 4.27. The molecule has 108 valence electrons. The van der Waals surface area contributed by atoms with Crippen molar-refractivity contribution in [3.05, 3.63) is 0 Å². The number of hydrogen-bond acceptors (Lipinski definition) is 0. The molecule has 3 fully saturated rings. The lowest BCUT2D eigenvalue weighted by molar-refractivity contribution is -0.925. The van der Waals surface area contributed by atoms with Crippen LogP contribution in [0, 0.1) is 11.8 Å². The van der Waals surface area contributed by atoms with Crippen LogP contribution in [0.3, 0.4) is 0 Å². The molecule has 0 spiro atoms. The van der Waals surface area contributed by atoms with Gasteiger partial charge >= 0.3 is 0 Å². The van der Waals surface area contributed by atoms with Crippen LogP contribution in [0.25, 0.3) is 0 Å². The van der Waals surface area contributed by atoms with Gasteiger partial charge in [0.1, 0.15) is 0 Å². The Balaban J connectivity index is 0.000000810. The summed E-state index contributed by atoms with van der Waals surface area (Å²) < 4.78 is 0. The average Bonchev–Trinajstić information content (AvgIpc) is 2.34. The molecule has 4 bridgehead atoms. The summed E-state index contributed by atoms with van der Waals surface area (Å²) in [4.78, 5) is 3.87. The van der Waals surface area contributed by atoms with Crippen molar-refractivity contribution in [2.45, 2.75) is 38.5 Å². The van der Waals surface area contributed by atoms with Crippen molar-refractivity contribution >= 4 is 0 Å². The number of hydrogen-bond donors (Lipinski definition) is 2. The number of piperidine rings is 2. The zero-order valence-corrected chi connectivity index (χ0v) is 14.6. The lowest BCUT2D eigenvalue weighted by Gasteiger charge is -2.36. The highest BCUT2D eigenvalue weighted by atomic mass is 79.9. The van der Waals surface area contributed by atoms with E-state index in [1.807, 2.05) is 9.80 Å². The Morgan fingerprint density at radius 3 is 1.44 bits per heavy atom. The van der Waals surface area contributed by atoms with Gasteiger partial charge in [-0.2, -0.15) is 0 Å². The summed E-state index contributed by atoms with van der Waals surface area (Å²) in [6.45, 7) is 8.91. The maximum absolute atomic E-state index is 1.94. The second kappa shape index (κ2) is 8.23. The predicted molar refractivity (Wildman–Crippen MR) is 65.8 cm³/mol. The third-order valence-electron chi connectivity index (χ3n) is 5.25. The molecule has 0 aromatic heterocycles. The highest BCUT2D eigenvalue weighted by molar-refractivity contribution is 4.66. The van der Waals surface area contributed by atoms with E-state index in [-0.39, 0.29) is 34.0 Å². The third kappa shape index (κ3) is 4.46. The minimum Gasteiger partial charge on any atom is -1.00 e. The van der Waals surface area contributed by atoms with Crippen LogP contribution in [0.2, 0.25) is 0 Å². The summed E-state index contributed by atoms with van der Waals surface area (Å²) >= 11 is 0. The Morgan fingerprint density at radius 2 is 1.00 bits per heavy atom. The maximum atomic E-state index is 1.94. The number of halogens is 2. The van der Waals surface area contributed by atoms with E-state index in [2.05, 4.69) is 0 Å². The molecular formula is C14H28Br2N2. The fraction of sp³-hybridized carbons (Fsp3) is 1.00. The first-order chi connectivity index (χ1) is 7.90. The average molecular weight is 384 g/mol. The van der Waals surface area contributed by atoms with Crippen molar-refractivity contribution in [1.29, 1.82) is 0 Å². The molecule has 4 unspecified atom stereocenters. The SMILES string of the molecule is C1CC2CC[NH+]3CCCC(CC[NH+](C1)C2)C3.[Br-].[Br-]. The van der Waals surface area contributed by atoms with Gasteiger partial charge in [-0.25, -0.2) is 0 Å². The first kappa shape index (κ1) is 16.9. The van der Waals surface area contributed by atoms with Gasteiger partial charge in [0.25, 0.3) is 0 Å². The summed E-state index contributed by atoms with van der Waals surface area (Å²) in [5, 5.41) is 0. The van der Waals surface area contributed by atoms with Crippen LogP contribution in [0.4, 0.5) is 0 Å². The van der Waals surface area contributed by atoms with Gasteiger partial charge < -0.3 is 43.8 Å². The van der Waals surface area contributed by atoms with Gasteiger partial charge in [-0.05, 0) is 25.7 Å². The van der Waals surface area contributed by atoms with E-state index >= 15 is 0 Å². The lowest BCUT2D eigenvalue weighted by atomic mass is 9.89. The zero-order valence-electron chi connectivity index (χ0n) is 11.4. The number of nitrogens with one attached hydrogen (secondary N) is 2. The molecule has 3 saturated heterocycles. The molecule has 0 aliphatic carbocycles. The van der Waals surface area contributed by atoms with Gasteiger partial charge in [-0.15, -0.1) is 0 Å². The summed E-state index contributed by atoms with van der Waals surface area (Å²) in [6, 6.07) is 0. The van der Waals surface area contributed by atoms with E-state index in [9.17, 15) is 0 Å². The Kier molecular flexibility index (Phi) is 7.74. The van der Waals surface area contributed by atoms with Crippen molar-refractivity contribution in [1.82, 2.24) is 0 Å². The van der Waals surface area contributed by atoms with E-state index < -0.39 is 0 Å².